The number of hydrogen-bond acceptors (Lipinski definition) is 0. The average Bonchev–Trinajstić information content (AvgIpc) is 3.30. The molecular weight excluding hydrogens is 396 g/mol. The Bertz CT molecular complexity index is 1070. The third-order valence-corrected chi connectivity index (χ3v) is 7.76. The summed E-state index contributed by atoms with van der Waals surface area (Å²) in [5.74, 6) is 0.606. The SMILES string of the molecule is CC.CC.CC1=C(C2CC3=CCCC=C3C2(CC2=CCCC=C2)C2=Cc3ccccc3C2)[CH]1. The lowest BCUT2D eigenvalue weighted by atomic mass is 9.63. The van der Waals surface area contributed by atoms with E-state index in [-0.39, 0.29) is 5.41 Å². The van der Waals surface area contributed by atoms with Crippen LogP contribution in [-0.2, 0) is 6.42 Å². The molecule has 6 rings (SSSR count). The Labute approximate surface area is 202 Å². The van der Waals surface area contributed by atoms with Gasteiger partial charge < -0.3 is 0 Å². The van der Waals surface area contributed by atoms with Crippen molar-refractivity contribution in [3.05, 3.63) is 106 Å². The second kappa shape index (κ2) is 10.3. The third-order valence-electron chi connectivity index (χ3n) is 7.76. The van der Waals surface area contributed by atoms with Gasteiger partial charge in [0.05, 0.1) is 0 Å². The van der Waals surface area contributed by atoms with Crippen molar-refractivity contribution >= 4 is 6.08 Å². The molecule has 0 aromatic heterocycles. The first-order chi connectivity index (χ1) is 16.3. The van der Waals surface area contributed by atoms with E-state index in [9.17, 15) is 0 Å². The van der Waals surface area contributed by atoms with E-state index >= 15 is 0 Å². The van der Waals surface area contributed by atoms with E-state index in [1.807, 2.05) is 27.7 Å². The van der Waals surface area contributed by atoms with Crippen LogP contribution in [0.1, 0.15) is 84.3 Å². The number of rotatable bonds is 4. The van der Waals surface area contributed by atoms with Gasteiger partial charge >= 0.3 is 0 Å². The Morgan fingerprint density at radius 1 is 0.909 bits per heavy atom. The highest BCUT2D eigenvalue weighted by Crippen LogP contribution is 2.65. The zero-order valence-electron chi connectivity index (χ0n) is 21.4. The molecule has 1 fully saturated rings. The molecule has 0 nitrogen and oxygen atoms in total. The smallest absolute Gasteiger partial charge is 0.0276 e. The maximum Gasteiger partial charge on any atom is 0.0276 e. The summed E-state index contributed by atoms with van der Waals surface area (Å²) in [6.45, 7) is 10.3. The molecule has 173 valence electrons. The second-order valence-corrected chi connectivity index (χ2v) is 9.42. The Kier molecular flexibility index (Phi) is 7.42. The molecule has 2 unspecified atom stereocenters. The summed E-state index contributed by atoms with van der Waals surface area (Å²) in [6.07, 6.45) is 25.7. The third kappa shape index (κ3) is 4.30. The number of benzene rings is 1. The molecule has 2 atom stereocenters. The molecule has 0 bridgehead atoms. The van der Waals surface area contributed by atoms with Gasteiger partial charge in [-0.15, -0.1) is 0 Å². The first-order valence-electron chi connectivity index (χ1n) is 13.4. The highest BCUT2D eigenvalue weighted by Gasteiger charge is 2.55. The first-order valence-corrected chi connectivity index (χ1v) is 13.4. The summed E-state index contributed by atoms with van der Waals surface area (Å²) in [7, 11) is 0. The van der Waals surface area contributed by atoms with Crippen LogP contribution in [0.2, 0.25) is 0 Å². The van der Waals surface area contributed by atoms with Gasteiger partial charge in [0.25, 0.3) is 0 Å². The predicted octanol–water partition coefficient (Wildman–Crippen LogP) is 9.53. The van der Waals surface area contributed by atoms with Gasteiger partial charge in [0, 0.05) is 11.8 Å². The minimum Gasteiger partial charge on any atom is -0.0840 e. The molecular formula is C33H41. The molecule has 0 aliphatic heterocycles. The molecule has 1 saturated carbocycles. The van der Waals surface area contributed by atoms with Gasteiger partial charge in [0.1, 0.15) is 0 Å². The largest absolute Gasteiger partial charge is 0.0840 e. The molecule has 1 aromatic rings. The fourth-order valence-electron chi connectivity index (χ4n) is 6.33. The average molecular weight is 438 g/mol. The molecule has 5 aliphatic rings. The zero-order chi connectivity index (χ0) is 23.4. The number of fused-ring (bicyclic) bond motifs is 2. The van der Waals surface area contributed by atoms with Gasteiger partial charge in [-0.05, 0) is 80.1 Å². The van der Waals surface area contributed by atoms with Crippen LogP contribution in [0.25, 0.3) is 6.08 Å². The predicted molar refractivity (Wildman–Crippen MR) is 145 cm³/mol. The summed E-state index contributed by atoms with van der Waals surface area (Å²) in [4.78, 5) is 0. The molecule has 33 heavy (non-hydrogen) atoms. The van der Waals surface area contributed by atoms with Crippen LogP contribution >= 0.6 is 0 Å². The van der Waals surface area contributed by atoms with Gasteiger partial charge in [0.15, 0.2) is 0 Å². The highest BCUT2D eigenvalue weighted by molar-refractivity contribution is 5.71. The molecule has 5 aliphatic carbocycles. The van der Waals surface area contributed by atoms with Crippen LogP contribution in [0.5, 0.6) is 0 Å². The lowest BCUT2D eigenvalue weighted by Gasteiger charge is -2.39. The summed E-state index contributed by atoms with van der Waals surface area (Å²) in [5, 5.41) is 0. The number of allylic oxidation sites excluding steroid dienone is 11. The van der Waals surface area contributed by atoms with Crippen LogP contribution in [0, 0.1) is 17.8 Å². The molecule has 0 spiro atoms. The van der Waals surface area contributed by atoms with Gasteiger partial charge in [-0.25, -0.2) is 0 Å². The zero-order valence-corrected chi connectivity index (χ0v) is 21.4. The molecule has 0 heterocycles. The first kappa shape index (κ1) is 23.8. The lowest BCUT2D eigenvalue weighted by Crippen LogP contribution is -2.31. The van der Waals surface area contributed by atoms with E-state index in [1.165, 1.54) is 48.8 Å². The summed E-state index contributed by atoms with van der Waals surface area (Å²) in [6, 6.07) is 9.03. The number of hydrogen-bond donors (Lipinski definition) is 0. The molecule has 0 N–H and O–H groups in total. The Morgan fingerprint density at radius 2 is 1.64 bits per heavy atom. The van der Waals surface area contributed by atoms with Gasteiger partial charge in [-0.1, -0.05) is 111 Å². The van der Waals surface area contributed by atoms with E-state index in [4.69, 9.17) is 0 Å². The van der Waals surface area contributed by atoms with E-state index in [0.717, 1.165) is 12.8 Å². The Morgan fingerprint density at radius 3 is 2.33 bits per heavy atom. The fourth-order valence-corrected chi connectivity index (χ4v) is 6.33. The van der Waals surface area contributed by atoms with Crippen LogP contribution < -0.4 is 0 Å². The lowest BCUT2D eigenvalue weighted by molar-refractivity contribution is 0.344. The Hall–Kier alpha value is -2.34. The van der Waals surface area contributed by atoms with Crippen molar-refractivity contribution in [2.45, 2.75) is 79.6 Å². The summed E-state index contributed by atoms with van der Waals surface area (Å²) in [5.41, 5.74) is 12.7. The minimum atomic E-state index is 0.127. The van der Waals surface area contributed by atoms with Crippen LogP contribution in [-0.4, -0.2) is 0 Å². The van der Waals surface area contributed by atoms with Gasteiger partial charge in [0.2, 0.25) is 0 Å². The van der Waals surface area contributed by atoms with E-state index < -0.39 is 0 Å². The quantitative estimate of drug-likeness (QED) is 0.440. The van der Waals surface area contributed by atoms with E-state index in [0.29, 0.717) is 5.92 Å². The van der Waals surface area contributed by atoms with Crippen molar-refractivity contribution in [2.24, 2.45) is 11.3 Å². The fraction of sp³-hybridized carbons (Fsp3) is 0.424. The normalized spacial score (nSPS) is 26.5. The molecule has 0 heteroatoms. The molecule has 0 amide bonds. The standard InChI is InChI=1S/C29H29.2C2H6/c1-20-15-26(20)28-18-24-13-7-8-14-27(24)29(28,19-21-9-3-2-4-10-21)25-16-22-11-5-6-12-23(22)17-25;2*1-2/h3,5-6,9-16,28H,2,4,7-8,17-19H2,1H3;2*1-2H3. The Balaban J connectivity index is 0.000000617. The second-order valence-electron chi connectivity index (χ2n) is 9.42. The van der Waals surface area contributed by atoms with Crippen molar-refractivity contribution < 1.29 is 0 Å². The van der Waals surface area contributed by atoms with Crippen molar-refractivity contribution in [1.29, 1.82) is 0 Å². The topological polar surface area (TPSA) is 0 Å². The molecule has 0 saturated heterocycles. The van der Waals surface area contributed by atoms with E-state index in [2.05, 4.69) is 74.1 Å². The van der Waals surface area contributed by atoms with Crippen LogP contribution in [0.15, 0.2) is 88.1 Å². The van der Waals surface area contributed by atoms with Crippen molar-refractivity contribution in [1.82, 2.24) is 0 Å². The molecule has 1 radical (unpaired) electrons. The summed E-state index contributed by atoms with van der Waals surface area (Å²) >= 11 is 0. The van der Waals surface area contributed by atoms with E-state index in [1.54, 1.807) is 27.9 Å². The molecule has 1 aromatic carbocycles. The van der Waals surface area contributed by atoms with Crippen molar-refractivity contribution in [2.75, 3.05) is 0 Å². The van der Waals surface area contributed by atoms with Crippen LogP contribution in [0.4, 0.5) is 0 Å². The van der Waals surface area contributed by atoms with Gasteiger partial charge in [-0.2, -0.15) is 0 Å². The maximum atomic E-state index is 2.60. The van der Waals surface area contributed by atoms with Crippen molar-refractivity contribution in [3.8, 4) is 0 Å². The van der Waals surface area contributed by atoms with Gasteiger partial charge in [-0.3, -0.25) is 0 Å². The van der Waals surface area contributed by atoms with Crippen molar-refractivity contribution in [3.63, 3.8) is 0 Å². The highest BCUT2D eigenvalue weighted by atomic mass is 14.6. The minimum absolute atomic E-state index is 0.127. The van der Waals surface area contributed by atoms with Crippen LogP contribution in [0.3, 0.4) is 0 Å². The maximum absolute atomic E-state index is 2.60. The monoisotopic (exact) mass is 437 g/mol. The summed E-state index contributed by atoms with van der Waals surface area (Å²) < 4.78 is 0.